The number of halogens is 1. The molecule has 0 amide bonds. The summed E-state index contributed by atoms with van der Waals surface area (Å²) in [4.78, 5) is 22.8. The fourth-order valence-electron chi connectivity index (χ4n) is 2.07. The van der Waals surface area contributed by atoms with Crippen LogP contribution in [0.25, 0.3) is 0 Å². The molecular formula is C12H14ClN7. The Bertz CT molecular complexity index is 571. The highest BCUT2D eigenvalue weighted by atomic mass is 35.5. The predicted octanol–water partition coefficient (Wildman–Crippen LogP) is 1.53. The third kappa shape index (κ3) is 3.11. The first-order valence-corrected chi connectivity index (χ1v) is 6.84. The van der Waals surface area contributed by atoms with Gasteiger partial charge in [0.15, 0.2) is 0 Å². The fourth-order valence-corrected chi connectivity index (χ4v) is 2.23. The van der Waals surface area contributed by atoms with Gasteiger partial charge in [-0.15, -0.1) is 0 Å². The maximum Gasteiger partial charge on any atom is 0.231 e. The largest absolute Gasteiger partial charge is 0.348 e. The summed E-state index contributed by atoms with van der Waals surface area (Å²) in [5.41, 5.74) is 0.860. The fraction of sp³-hybridized carbons (Fsp3) is 0.417. The molecule has 1 aliphatic rings. The molecular weight excluding hydrogens is 278 g/mol. The molecule has 0 bridgehead atoms. The van der Waals surface area contributed by atoms with Gasteiger partial charge >= 0.3 is 0 Å². The van der Waals surface area contributed by atoms with Crippen molar-refractivity contribution < 1.29 is 0 Å². The second kappa shape index (κ2) is 5.96. The average Bonchev–Trinajstić information content (AvgIpc) is 3.00. The SMILES string of the molecule is Clc1nc(NCc2ccncn2)nc(N2CCCC2)n1. The monoisotopic (exact) mass is 291 g/mol. The molecule has 8 heteroatoms. The molecule has 0 aliphatic carbocycles. The number of hydrogen-bond acceptors (Lipinski definition) is 7. The highest BCUT2D eigenvalue weighted by Gasteiger charge is 2.16. The van der Waals surface area contributed by atoms with E-state index in [1.807, 2.05) is 6.07 Å². The van der Waals surface area contributed by atoms with Gasteiger partial charge in [0, 0.05) is 19.3 Å². The van der Waals surface area contributed by atoms with Crippen molar-refractivity contribution in [2.75, 3.05) is 23.3 Å². The van der Waals surface area contributed by atoms with Crippen molar-refractivity contribution in [1.82, 2.24) is 24.9 Å². The van der Waals surface area contributed by atoms with Gasteiger partial charge in [0.1, 0.15) is 6.33 Å². The maximum atomic E-state index is 5.96. The quantitative estimate of drug-likeness (QED) is 0.915. The number of nitrogens with zero attached hydrogens (tertiary/aromatic N) is 6. The molecule has 0 unspecified atom stereocenters. The standard InChI is InChI=1S/C12H14ClN7/c13-10-17-11(15-7-9-3-4-14-8-16-9)19-12(18-10)20-5-1-2-6-20/h3-4,8H,1-2,5-7H2,(H,15,17,18,19). The van der Waals surface area contributed by atoms with Gasteiger partial charge in [0.25, 0.3) is 0 Å². The van der Waals surface area contributed by atoms with Crippen molar-refractivity contribution in [2.24, 2.45) is 0 Å². The molecule has 0 aromatic carbocycles. The summed E-state index contributed by atoms with van der Waals surface area (Å²) < 4.78 is 0. The van der Waals surface area contributed by atoms with E-state index in [0.29, 0.717) is 18.4 Å². The molecule has 3 rings (SSSR count). The van der Waals surface area contributed by atoms with E-state index < -0.39 is 0 Å². The van der Waals surface area contributed by atoms with Gasteiger partial charge in [0.05, 0.1) is 12.2 Å². The van der Waals surface area contributed by atoms with E-state index in [1.165, 1.54) is 6.33 Å². The number of rotatable bonds is 4. The smallest absolute Gasteiger partial charge is 0.231 e. The van der Waals surface area contributed by atoms with E-state index in [9.17, 15) is 0 Å². The van der Waals surface area contributed by atoms with E-state index in [2.05, 4.69) is 35.1 Å². The normalized spacial score (nSPS) is 14.6. The zero-order valence-corrected chi connectivity index (χ0v) is 11.6. The van der Waals surface area contributed by atoms with Gasteiger partial charge in [0.2, 0.25) is 17.2 Å². The first kappa shape index (κ1) is 13.0. The molecule has 104 valence electrons. The van der Waals surface area contributed by atoms with Gasteiger partial charge in [-0.25, -0.2) is 9.97 Å². The molecule has 2 aromatic heterocycles. The molecule has 0 spiro atoms. The Morgan fingerprint density at radius 3 is 2.80 bits per heavy atom. The third-order valence-corrected chi connectivity index (χ3v) is 3.23. The minimum absolute atomic E-state index is 0.201. The zero-order valence-electron chi connectivity index (χ0n) is 10.8. The summed E-state index contributed by atoms with van der Waals surface area (Å²) in [5, 5.41) is 3.30. The van der Waals surface area contributed by atoms with E-state index in [4.69, 9.17) is 11.6 Å². The van der Waals surface area contributed by atoms with Crippen molar-refractivity contribution in [3.63, 3.8) is 0 Å². The molecule has 1 saturated heterocycles. The Morgan fingerprint density at radius 2 is 2.05 bits per heavy atom. The second-order valence-electron chi connectivity index (χ2n) is 4.48. The van der Waals surface area contributed by atoms with Crippen LogP contribution in [0.5, 0.6) is 0 Å². The van der Waals surface area contributed by atoms with E-state index >= 15 is 0 Å². The first-order valence-electron chi connectivity index (χ1n) is 6.46. The lowest BCUT2D eigenvalue weighted by molar-refractivity contribution is 0.873. The predicted molar refractivity (Wildman–Crippen MR) is 75.6 cm³/mol. The number of nitrogens with one attached hydrogen (secondary N) is 1. The van der Waals surface area contributed by atoms with Crippen LogP contribution in [0.15, 0.2) is 18.6 Å². The van der Waals surface area contributed by atoms with E-state index in [0.717, 1.165) is 31.6 Å². The van der Waals surface area contributed by atoms with Crippen molar-refractivity contribution >= 4 is 23.5 Å². The second-order valence-corrected chi connectivity index (χ2v) is 4.81. The number of anilines is 2. The van der Waals surface area contributed by atoms with Crippen molar-refractivity contribution in [2.45, 2.75) is 19.4 Å². The van der Waals surface area contributed by atoms with Gasteiger partial charge in [-0.3, -0.25) is 0 Å². The topological polar surface area (TPSA) is 79.7 Å². The highest BCUT2D eigenvalue weighted by Crippen LogP contribution is 2.18. The Balaban J connectivity index is 1.72. The molecule has 7 nitrogen and oxygen atoms in total. The molecule has 0 atom stereocenters. The van der Waals surface area contributed by atoms with Crippen LogP contribution in [0.3, 0.4) is 0 Å². The summed E-state index contributed by atoms with van der Waals surface area (Å²) >= 11 is 5.96. The number of aromatic nitrogens is 5. The molecule has 3 heterocycles. The Labute approximate surface area is 121 Å². The van der Waals surface area contributed by atoms with Crippen molar-refractivity contribution in [3.05, 3.63) is 29.6 Å². The summed E-state index contributed by atoms with van der Waals surface area (Å²) in [5.74, 6) is 1.10. The molecule has 2 aromatic rings. The number of hydrogen-bond donors (Lipinski definition) is 1. The van der Waals surface area contributed by atoms with Crippen LogP contribution in [0.1, 0.15) is 18.5 Å². The van der Waals surface area contributed by atoms with Crippen LogP contribution in [-0.4, -0.2) is 38.0 Å². The van der Waals surface area contributed by atoms with Gasteiger partial charge in [-0.2, -0.15) is 15.0 Å². The Morgan fingerprint density at radius 1 is 1.20 bits per heavy atom. The third-order valence-electron chi connectivity index (χ3n) is 3.06. The summed E-state index contributed by atoms with van der Waals surface area (Å²) in [6.07, 6.45) is 5.52. The minimum Gasteiger partial charge on any atom is -0.348 e. The summed E-state index contributed by atoms with van der Waals surface area (Å²) in [7, 11) is 0. The maximum absolute atomic E-state index is 5.96. The molecule has 0 saturated carbocycles. The Kier molecular flexibility index (Phi) is 3.87. The van der Waals surface area contributed by atoms with E-state index in [1.54, 1.807) is 6.20 Å². The zero-order chi connectivity index (χ0) is 13.8. The molecule has 0 radical (unpaired) electrons. The van der Waals surface area contributed by atoms with Crippen LogP contribution in [0.4, 0.5) is 11.9 Å². The highest BCUT2D eigenvalue weighted by molar-refractivity contribution is 6.28. The molecule has 1 aliphatic heterocycles. The van der Waals surface area contributed by atoms with Gasteiger partial charge in [-0.1, -0.05) is 0 Å². The molecule has 20 heavy (non-hydrogen) atoms. The molecule has 1 N–H and O–H groups in total. The summed E-state index contributed by atoms with van der Waals surface area (Å²) in [6.45, 7) is 2.44. The van der Waals surface area contributed by atoms with Crippen LogP contribution in [0.2, 0.25) is 5.28 Å². The average molecular weight is 292 g/mol. The first-order chi connectivity index (χ1) is 9.81. The molecule has 1 fully saturated rings. The lowest BCUT2D eigenvalue weighted by Crippen LogP contribution is -2.21. The van der Waals surface area contributed by atoms with Crippen molar-refractivity contribution in [1.29, 1.82) is 0 Å². The van der Waals surface area contributed by atoms with Crippen LogP contribution in [-0.2, 0) is 6.54 Å². The van der Waals surface area contributed by atoms with Gasteiger partial charge < -0.3 is 10.2 Å². The van der Waals surface area contributed by atoms with Crippen LogP contribution >= 0.6 is 11.6 Å². The lowest BCUT2D eigenvalue weighted by Gasteiger charge is -2.15. The van der Waals surface area contributed by atoms with Crippen LogP contribution in [0, 0.1) is 0 Å². The minimum atomic E-state index is 0.201. The van der Waals surface area contributed by atoms with Crippen molar-refractivity contribution in [3.8, 4) is 0 Å². The van der Waals surface area contributed by atoms with Gasteiger partial charge in [-0.05, 0) is 30.5 Å². The van der Waals surface area contributed by atoms with E-state index in [-0.39, 0.29) is 5.28 Å². The van der Waals surface area contributed by atoms with Crippen LogP contribution < -0.4 is 10.2 Å². The summed E-state index contributed by atoms with van der Waals surface area (Å²) in [6, 6.07) is 1.83. The Hall–Kier alpha value is -2.02. The lowest BCUT2D eigenvalue weighted by atomic mass is 10.4.